The first-order chi connectivity index (χ1) is 4.97. The average molecular weight is 158 g/mol. The zero-order valence-electron chi connectivity index (χ0n) is 6.21. The summed E-state index contributed by atoms with van der Waals surface area (Å²) in [6.07, 6.45) is 4.11. The van der Waals surface area contributed by atoms with Crippen LogP contribution in [-0.2, 0) is 4.74 Å². The van der Waals surface area contributed by atoms with Crippen molar-refractivity contribution in [3.05, 3.63) is 0 Å². The molecule has 2 heterocycles. The van der Waals surface area contributed by atoms with Gasteiger partial charge in [0.2, 0.25) is 0 Å². The van der Waals surface area contributed by atoms with Crippen LogP contribution in [0.2, 0.25) is 0 Å². The standard InChI is InChI=1S/C8H14OS/c1-2-4-9-5-7-6-10-8(7)3-1/h7-8H,1-6H2. The molecule has 0 spiro atoms. The first-order valence-electron chi connectivity index (χ1n) is 4.16. The van der Waals surface area contributed by atoms with E-state index in [-0.39, 0.29) is 0 Å². The molecule has 0 aromatic carbocycles. The molecule has 2 heteroatoms. The van der Waals surface area contributed by atoms with Crippen molar-refractivity contribution in [3.63, 3.8) is 0 Å². The fraction of sp³-hybridized carbons (Fsp3) is 1.00. The molecule has 2 atom stereocenters. The second-order valence-electron chi connectivity index (χ2n) is 3.20. The summed E-state index contributed by atoms with van der Waals surface area (Å²) in [7, 11) is 0. The molecule has 2 fully saturated rings. The van der Waals surface area contributed by atoms with Crippen LogP contribution in [0.15, 0.2) is 0 Å². The largest absolute Gasteiger partial charge is 0.381 e. The zero-order chi connectivity index (χ0) is 6.81. The number of hydrogen-bond acceptors (Lipinski definition) is 2. The van der Waals surface area contributed by atoms with Crippen LogP contribution in [0.25, 0.3) is 0 Å². The van der Waals surface area contributed by atoms with Gasteiger partial charge in [-0.2, -0.15) is 11.8 Å². The van der Waals surface area contributed by atoms with E-state index in [2.05, 4.69) is 11.8 Å². The van der Waals surface area contributed by atoms with Gasteiger partial charge in [-0.05, 0) is 18.6 Å². The Labute approximate surface area is 66.5 Å². The van der Waals surface area contributed by atoms with Gasteiger partial charge < -0.3 is 4.74 Å². The predicted molar refractivity (Wildman–Crippen MR) is 44.4 cm³/mol. The Morgan fingerprint density at radius 1 is 1.30 bits per heavy atom. The van der Waals surface area contributed by atoms with Gasteiger partial charge in [0.05, 0.1) is 6.61 Å². The van der Waals surface area contributed by atoms with Crippen molar-refractivity contribution in [2.45, 2.75) is 24.5 Å². The molecule has 1 nitrogen and oxygen atoms in total. The normalized spacial score (nSPS) is 40.8. The van der Waals surface area contributed by atoms with Gasteiger partial charge in [0.15, 0.2) is 0 Å². The third kappa shape index (κ3) is 1.32. The number of thioether (sulfide) groups is 1. The van der Waals surface area contributed by atoms with Crippen LogP contribution in [0.1, 0.15) is 19.3 Å². The lowest BCUT2D eigenvalue weighted by atomic mass is 10.0. The minimum atomic E-state index is 0.908. The highest BCUT2D eigenvalue weighted by Gasteiger charge is 2.31. The molecule has 2 aliphatic rings. The van der Waals surface area contributed by atoms with E-state index in [4.69, 9.17) is 4.74 Å². The molecule has 2 saturated heterocycles. The number of hydrogen-bond donors (Lipinski definition) is 0. The molecule has 2 rings (SSSR count). The lowest BCUT2D eigenvalue weighted by molar-refractivity contribution is 0.0858. The van der Waals surface area contributed by atoms with Crippen LogP contribution in [-0.4, -0.2) is 24.2 Å². The Balaban J connectivity index is 1.83. The van der Waals surface area contributed by atoms with Gasteiger partial charge in [-0.1, -0.05) is 6.42 Å². The molecule has 10 heavy (non-hydrogen) atoms. The summed E-state index contributed by atoms with van der Waals surface area (Å²) in [5, 5.41) is 0.959. The maximum Gasteiger partial charge on any atom is 0.0512 e. The molecule has 0 aliphatic carbocycles. The summed E-state index contributed by atoms with van der Waals surface area (Å²) in [5.41, 5.74) is 0. The Bertz CT molecular complexity index is 102. The molecule has 0 saturated carbocycles. The van der Waals surface area contributed by atoms with Crippen molar-refractivity contribution in [2.75, 3.05) is 19.0 Å². The van der Waals surface area contributed by atoms with Crippen LogP contribution in [0.4, 0.5) is 0 Å². The minimum Gasteiger partial charge on any atom is -0.381 e. The monoisotopic (exact) mass is 158 g/mol. The van der Waals surface area contributed by atoms with E-state index in [0.717, 1.165) is 24.4 Å². The van der Waals surface area contributed by atoms with Crippen molar-refractivity contribution in [1.29, 1.82) is 0 Å². The predicted octanol–water partition coefficient (Wildman–Crippen LogP) is 1.92. The Hall–Kier alpha value is 0.310. The van der Waals surface area contributed by atoms with Crippen molar-refractivity contribution in [1.82, 2.24) is 0 Å². The molecule has 0 aromatic heterocycles. The number of ether oxygens (including phenoxy) is 1. The first-order valence-corrected chi connectivity index (χ1v) is 5.21. The van der Waals surface area contributed by atoms with Crippen LogP contribution < -0.4 is 0 Å². The highest BCUT2D eigenvalue weighted by molar-refractivity contribution is 8.01. The molecule has 0 amide bonds. The van der Waals surface area contributed by atoms with E-state index >= 15 is 0 Å². The van der Waals surface area contributed by atoms with E-state index < -0.39 is 0 Å². The van der Waals surface area contributed by atoms with Gasteiger partial charge in [-0.25, -0.2) is 0 Å². The second-order valence-corrected chi connectivity index (χ2v) is 4.47. The van der Waals surface area contributed by atoms with Crippen molar-refractivity contribution in [2.24, 2.45) is 5.92 Å². The summed E-state index contributed by atoms with van der Waals surface area (Å²) in [5.74, 6) is 2.26. The topological polar surface area (TPSA) is 9.23 Å². The highest BCUT2D eigenvalue weighted by Crippen LogP contribution is 2.38. The summed E-state index contributed by atoms with van der Waals surface area (Å²) >= 11 is 2.13. The van der Waals surface area contributed by atoms with Gasteiger partial charge in [0.1, 0.15) is 0 Å². The maximum atomic E-state index is 5.50. The Kier molecular flexibility index (Phi) is 2.19. The smallest absolute Gasteiger partial charge is 0.0512 e. The molecule has 0 bridgehead atoms. The third-order valence-corrected chi connectivity index (χ3v) is 4.08. The fourth-order valence-corrected chi connectivity index (χ4v) is 2.87. The van der Waals surface area contributed by atoms with Gasteiger partial charge in [0, 0.05) is 17.8 Å². The summed E-state index contributed by atoms with van der Waals surface area (Å²) in [6.45, 7) is 2.05. The van der Waals surface area contributed by atoms with Gasteiger partial charge in [-0.3, -0.25) is 0 Å². The number of fused-ring (bicyclic) bond motifs is 1. The van der Waals surface area contributed by atoms with Crippen molar-refractivity contribution in [3.8, 4) is 0 Å². The molecular weight excluding hydrogens is 144 g/mol. The second kappa shape index (κ2) is 3.14. The lowest BCUT2D eigenvalue weighted by Gasteiger charge is -2.37. The van der Waals surface area contributed by atoms with E-state index in [1.807, 2.05) is 0 Å². The van der Waals surface area contributed by atoms with Crippen LogP contribution >= 0.6 is 11.8 Å². The maximum absolute atomic E-state index is 5.50. The lowest BCUT2D eigenvalue weighted by Crippen LogP contribution is -2.35. The van der Waals surface area contributed by atoms with Crippen LogP contribution in [0.3, 0.4) is 0 Å². The number of rotatable bonds is 0. The van der Waals surface area contributed by atoms with Gasteiger partial charge in [0.25, 0.3) is 0 Å². The first kappa shape index (κ1) is 6.99. The molecule has 0 N–H and O–H groups in total. The molecule has 0 aromatic rings. The molecule has 58 valence electrons. The third-order valence-electron chi connectivity index (χ3n) is 2.41. The zero-order valence-corrected chi connectivity index (χ0v) is 7.03. The van der Waals surface area contributed by atoms with E-state index in [1.165, 1.54) is 25.0 Å². The van der Waals surface area contributed by atoms with Crippen molar-refractivity contribution >= 4 is 11.8 Å². The quantitative estimate of drug-likeness (QED) is 0.532. The van der Waals surface area contributed by atoms with Crippen molar-refractivity contribution < 1.29 is 4.74 Å². The molecule has 0 radical (unpaired) electrons. The average Bonchev–Trinajstić information content (AvgIpc) is 1.89. The highest BCUT2D eigenvalue weighted by atomic mass is 32.2. The van der Waals surface area contributed by atoms with E-state index in [0.29, 0.717) is 0 Å². The summed E-state index contributed by atoms with van der Waals surface area (Å²) < 4.78 is 5.50. The van der Waals surface area contributed by atoms with Crippen LogP contribution in [0, 0.1) is 5.92 Å². The van der Waals surface area contributed by atoms with Gasteiger partial charge in [-0.15, -0.1) is 0 Å². The Morgan fingerprint density at radius 3 is 3.10 bits per heavy atom. The van der Waals surface area contributed by atoms with E-state index in [9.17, 15) is 0 Å². The fourth-order valence-electron chi connectivity index (χ4n) is 1.63. The minimum absolute atomic E-state index is 0.908. The van der Waals surface area contributed by atoms with Crippen LogP contribution in [0.5, 0.6) is 0 Å². The molecule has 2 unspecified atom stereocenters. The summed E-state index contributed by atoms with van der Waals surface area (Å²) in [4.78, 5) is 0. The molecule has 2 aliphatic heterocycles. The molecular formula is C8H14OS. The summed E-state index contributed by atoms with van der Waals surface area (Å²) in [6, 6.07) is 0. The van der Waals surface area contributed by atoms with Gasteiger partial charge >= 0.3 is 0 Å². The Morgan fingerprint density at radius 2 is 2.30 bits per heavy atom. The SMILES string of the molecule is C1CCC2SCC2COC1. The van der Waals surface area contributed by atoms with E-state index in [1.54, 1.807) is 0 Å².